The van der Waals surface area contributed by atoms with Crippen LogP contribution in [0.15, 0.2) is 36.5 Å². The van der Waals surface area contributed by atoms with Gasteiger partial charge in [0.05, 0.1) is 17.2 Å². The number of aromatic amines is 1. The van der Waals surface area contributed by atoms with Gasteiger partial charge in [0, 0.05) is 52.9 Å². The Labute approximate surface area is 203 Å². The standard InChI is InChI=1S/C29H29F2N3O/c1-16-11-29(12-16)13-20(14-29)26-25-17(2)27-19(15-32-33-27)9-24(25)34(21-3-4-22(30)23(31)10-21)28(26)18-5-7-35-8-6-18/h3-4,9-10,13,15-16,18H,5-8,11-12,14H2,1-2H3,(H,32,33). The molecule has 35 heavy (non-hydrogen) atoms. The van der Waals surface area contributed by atoms with Crippen LogP contribution in [-0.2, 0) is 4.74 Å². The first kappa shape index (κ1) is 21.3. The number of hydrogen-bond acceptors (Lipinski definition) is 2. The SMILES string of the molecule is Cc1c2[nH]ncc2cc2c1c(C1=CC3(C1)CC(C)C3)c(C1CCOCC1)n2-c1ccc(F)c(F)c1. The number of halogens is 2. The third kappa shape index (κ3) is 3.08. The molecule has 1 aliphatic heterocycles. The van der Waals surface area contributed by atoms with E-state index < -0.39 is 11.6 Å². The predicted octanol–water partition coefficient (Wildman–Crippen LogP) is 7.19. The van der Waals surface area contributed by atoms with Crippen LogP contribution in [0, 0.1) is 29.9 Å². The van der Waals surface area contributed by atoms with Crippen molar-refractivity contribution < 1.29 is 13.5 Å². The van der Waals surface area contributed by atoms with Gasteiger partial charge in [-0.1, -0.05) is 13.0 Å². The van der Waals surface area contributed by atoms with Crippen molar-refractivity contribution in [3.8, 4) is 5.69 Å². The van der Waals surface area contributed by atoms with Crippen LogP contribution in [0.25, 0.3) is 33.1 Å². The van der Waals surface area contributed by atoms with Crippen molar-refractivity contribution in [2.75, 3.05) is 13.2 Å². The van der Waals surface area contributed by atoms with Crippen LogP contribution in [0.4, 0.5) is 8.78 Å². The molecule has 3 aliphatic rings. The van der Waals surface area contributed by atoms with E-state index in [1.165, 1.54) is 47.2 Å². The third-order valence-electron chi connectivity index (χ3n) is 8.58. The molecule has 2 aromatic carbocycles. The summed E-state index contributed by atoms with van der Waals surface area (Å²) in [4.78, 5) is 0. The summed E-state index contributed by atoms with van der Waals surface area (Å²) in [5.41, 5.74) is 8.13. The largest absolute Gasteiger partial charge is 0.381 e. The Morgan fingerprint density at radius 1 is 1.11 bits per heavy atom. The summed E-state index contributed by atoms with van der Waals surface area (Å²) < 4.78 is 36.4. The zero-order valence-corrected chi connectivity index (χ0v) is 20.1. The average molecular weight is 474 g/mol. The van der Waals surface area contributed by atoms with Crippen molar-refractivity contribution in [2.45, 2.75) is 51.9 Å². The van der Waals surface area contributed by atoms with Crippen molar-refractivity contribution >= 4 is 27.4 Å². The fourth-order valence-electron chi connectivity index (χ4n) is 7.16. The highest BCUT2D eigenvalue weighted by Crippen LogP contribution is 2.61. The lowest BCUT2D eigenvalue weighted by Crippen LogP contribution is -2.39. The summed E-state index contributed by atoms with van der Waals surface area (Å²) in [6.07, 6.45) is 9.79. The van der Waals surface area contributed by atoms with E-state index in [9.17, 15) is 8.78 Å². The number of benzene rings is 2. The van der Waals surface area contributed by atoms with Crippen molar-refractivity contribution in [1.82, 2.24) is 14.8 Å². The first-order valence-electron chi connectivity index (χ1n) is 12.7. The molecule has 4 aromatic rings. The molecule has 0 bridgehead atoms. The number of rotatable bonds is 3. The molecule has 0 atom stereocenters. The molecule has 3 heterocycles. The summed E-state index contributed by atoms with van der Waals surface area (Å²) in [6, 6.07) is 6.42. The summed E-state index contributed by atoms with van der Waals surface area (Å²) in [6.45, 7) is 5.91. The van der Waals surface area contributed by atoms with E-state index in [4.69, 9.17) is 4.74 Å². The number of fused-ring (bicyclic) bond motifs is 2. The van der Waals surface area contributed by atoms with Crippen LogP contribution in [0.3, 0.4) is 0 Å². The van der Waals surface area contributed by atoms with Gasteiger partial charge in [0.2, 0.25) is 0 Å². The maximum Gasteiger partial charge on any atom is 0.160 e. The minimum Gasteiger partial charge on any atom is -0.381 e. The zero-order valence-electron chi connectivity index (χ0n) is 20.1. The number of aromatic nitrogens is 3. The number of nitrogens with zero attached hydrogens (tertiary/aromatic N) is 2. The van der Waals surface area contributed by atoms with Crippen molar-refractivity contribution in [2.24, 2.45) is 11.3 Å². The average Bonchev–Trinajstić information content (AvgIpc) is 3.41. The topological polar surface area (TPSA) is 42.8 Å². The van der Waals surface area contributed by atoms with Gasteiger partial charge in [-0.15, -0.1) is 0 Å². The van der Waals surface area contributed by atoms with Gasteiger partial charge in [0.15, 0.2) is 11.6 Å². The Hall–Kier alpha value is -2.99. The van der Waals surface area contributed by atoms with Crippen LogP contribution < -0.4 is 0 Å². The van der Waals surface area contributed by atoms with Gasteiger partial charge in [0.25, 0.3) is 0 Å². The fourth-order valence-corrected chi connectivity index (χ4v) is 7.16. The Morgan fingerprint density at radius 2 is 1.89 bits per heavy atom. The molecular formula is C29H29F2N3O. The Kier molecular flexibility index (Phi) is 4.57. The zero-order chi connectivity index (χ0) is 23.9. The van der Waals surface area contributed by atoms with Gasteiger partial charge in [-0.2, -0.15) is 5.10 Å². The lowest BCUT2D eigenvalue weighted by atomic mass is 9.53. The molecular weight excluding hydrogens is 444 g/mol. The van der Waals surface area contributed by atoms with Gasteiger partial charge in [-0.25, -0.2) is 8.78 Å². The van der Waals surface area contributed by atoms with Crippen molar-refractivity contribution in [3.63, 3.8) is 0 Å². The summed E-state index contributed by atoms with van der Waals surface area (Å²) in [5.74, 6) is -0.574. The molecule has 0 amide bonds. The lowest BCUT2D eigenvalue weighted by molar-refractivity contribution is 0.0840. The van der Waals surface area contributed by atoms with Crippen molar-refractivity contribution in [3.05, 3.63) is 65.0 Å². The minimum atomic E-state index is -0.825. The second kappa shape index (κ2) is 7.50. The van der Waals surface area contributed by atoms with Gasteiger partial charge in [-0.05, 0) is 79.7 Å². The van der Waals surface area contributed by atoms with E-state index >= 15 is 0 Å². The number of allylic oxidation sites excluding steroid dienone is 2. The molecule has 0 radical (unpaired) electrons. The first-order chi connectivity index (χ1) is 16.9. The highest BCUT2D eigenvalue weighted by atomic mass is 19.2. The molecule has 1 N–H and O–H groups in total. The quantitative estimate of drug-likeness (QED) is 0.342. The highest BCUT2D eigenvalue weighted by molar-refractivity contribution is 6.07. The third-order valence-corrected chi connectivity index (χ3v) is 8.58. The van der Waals surface area contributed by atoms with Gasteiger partial charge < -0.3 is 9.30 Å². The maximum absolute atomic E-state index is 14.5. The van der Waals surface area contributed by atoms with E-state index in [1.54, 1.807) is 6.07 Å². The van der Waals surface area contributed by atoms with Gasteiger partial charge in [-0.3, -0.25) is 5.10 Å². The number of aryl methyl sites for hydroxylation is 1. The molecule has 7 rings (SSSR count). The summed E-state index contributed by atoms with van der Waals surface area (Å²) in [7, 11) is 0. The minimum absolute atomic E-state index is 0.285. The van der Waals surface area contributed by atoms with Crippen LogP contribution in [0.2, 0.25) is 0 Å². The summed E-state index contributed by atoms with van der Waals surface area (Å²) in [5, 5.41) is 9.69. The second-order valence-electron chi connectivity index (χ2n) is 11.0. The molecule has 6 heteroatoms. The van der Waals surface area contributed by atoms with E-state index in [0.29, 0.717) is 24.3 Å². The fraction of sp³-hybridized carbons (Fsp3) is 0.414. The van der Waals surface area contributed by atoms with E-state index in [1.807, 2.05) is 6.20 Å². The Balaban J connectivity index is 1.57. The molecule has 2 fully saturated rings. The number of H-pyrrole nitrogens is 1. The monoisotopic (exact) mass is 473 g/mol. The summed E-state index contributed by atoms with van der Waals surface area (Å²) >= 11 is 0. The maximum atomic E-state index is 14.5. The smallest absolute Gasteiger partial charge is 0.160 e. The number of hydrogen-bond donors (Lipinski definition) is 1. The van der Waals surface area contributed by atoms with Crippen molar-refractivity contribution in [1.29, 1.82) is 0 Å². The molecule has 1 spiro atoms. The molecule has 1 saturated heterocycles. The molecule has 1 saturated carbocycles. The predicted molar refractivity (Wildman–Crippen MR) is 134 cm³/mol. The number of ether oxygens (including phenoxy) is 1. The van der Waals surface area contributed by atoms with Crippen LogP contribution in [0.1, 0.15) is 61.8 Å². The first-order valence-corrected chi connectivity index (χ1v) is 12.7. The molecule has 2 aliphatic carbocycles. The van der Waals surface area contributed by atoms with Crippen LogP contribution in [0.5, 0.6) is 0 Å². The molecule has 2 aromatic heterocycles. The highest BCUT2D eigenvalue weighted by Gasteiger charge is 2.47. The van der Waals surface area contributed by atoms with E-state index in [0.717, 1.165) is 47.2 Å². The molecule has 4 nitrogen and oxygen atoms in total. The second-order valence-corrected chi connectivity index (χ2v) is 11.0. The van der Waals surface area contributed by atoms with Crippen LogP contribution in [-0.4, -0.2) is 28.0 Å². The van der Waals surface area contributed by atoms with Crippen LogP contribution >= 0.6 is 0 Å². The van der Waals surface area contributed by atoms with Gasteiger partial charge >= 0.3 is 0 Å². The molecule has 0 unspecified atom stereocenters. The normalized spacial score (nSPS) is 24.7. The molecule has 180 valence electrons. The lowest BCUT2D eigenvalue weighted by Gasteiger charge is -2.51. The Bertz CT molecular complexity index is 1520. The Morgan fingerprint density at radius 3 is 2.60 bits per heavy atom. The van der Waals surface area contributed by atoms with Gasteiger partial charge in [0.1, 0.15) is 0 Å². The number of nitrogens with one attached hydrogen (secondary N) is 1. The van der Waals surface area contributed by atoms with E-state index in [-0.39, 0.29) is 5.92 Å². The van der Waals surface area contributed by atoms with E-state index in [2.05, 4.69) is 40.8 Å².